The minimum absolute atomic E-state index is 1.06. The van der Waals surface area contributed by atoms with E-state index in [2.05, 4.69) is 193 Å². The Labute approximate surface area is 428 Å². The molecule has 11 aromatic rings. The normalized spacial score (nSPS) is 10.1. The molecule has 11 rings (SSSR count). The molecule has 366 valence electrons. The number of fused-ring (bicyclic) bond motifs is 4. The van der Waals surface area contributed by atoms with Gasteiger partial charge in [-0.3, -0.25) is 15.0 Å². The third-order valence-electron chi connectivity index (χ3n) is 12.9. The van der Waals surface area contributed by atoms with Crippen molar-refractivity contribution in [3.8, 4) is 0 Å². The van der Waals surface area contributed by atoms with E-state index in [4.69, 9.17) is 0 Å². The Balaban J connectivity index is 0.000000157. The molecule has 0 N–H and O–H groups in total. The van der Waals surface area contributed by atoms with Crippen molar-refractivity contribution in [2.75, 3.05) is 0 Å². The average Bonchev–Trinajstić information content (AvgIpc) is 3.39. The van der Waals surface area contributed by atoms with Gasteiger partial charge in [0.15, 0.2) is 0 Å². The van der Waals surface area contributed by atoms with Crippen LogP contribution >= 0.6 is 0 Å². The van der Waals surface area contributed by atoms with Crippen LogP contribution in [0.15, 0.2) is 177 Å². The monoisotopic (exact) mass is 950 g/mol. The smallest absolute Gasteiger partial charge is 0.115 e. The lowest BCUT2D eigenvalue weighted by molar-refractivity contribution is 1.06. The van der Waals surface area contributed by atoms with Gasteiger partial charge >= 0.3 is 0 Å². The highest BCUT2D eigenvalue weighted by Gasteiger charge is 2.01. The summed E-state index contributed by atoms with van der Waals surface area (Å²) < 4.78 is 0. The highest BCUT2D eigenvalue weighted by molar-refractivity contribution is 5.87. The maximum atomic E-state index is 4.48. The number of hydrogen-bond acceptors (Lipinski definition) is 7. The minimum atomic E-state index is 1.06. The Morgan fingerprint density at radius 2 is 0.750 bits per heavy atom. The molecule has 7 nitrogen and oxygen atoms in total. The van der Waals surface area contributed by atoms with Crippen LogP contribution in [0.2, 0.25) is 0 Å². The van der Waals surface area contributed by atoms with E-state index in [1.165, 1.54) is 76.6 Å². The van der Waals surface area contributed by atoms with Crippen LogP contribution in [0.1, 0.15) is 78.5 Å². The molecule has 0 amide bonds. The van der Waals surface area contributed by atoms with Crippen LogP contribution in [0.3, 0.4) is 0 Å². The predicted molar refractivity (Wildman–Crippen MR) is 306 cm³/mol. The van der Waals surface area contributed by atoms with Gasteiger partial charge in [-0.15, -0.1) is 0 Å². The number of para-hydroxylation sites is 1. The molecule has 0 radical (unpaired) electrons. The van der Waals surface area contributed by atoms with E-state index in [9.17, 15) is 0 Å². The van der Waals surface area contributed by atoms with Crippen molar-refractivity contribution in [1.29, 1.82) is 0 Å². The lowest BCUT2D eigenvalue weighted by Crippen LogP contribution is -1.87. The fourth-order valence-corrected chi connectivity index (χ4v) is 7.22. The van der Waals surface area contributed by atoms with Crippen molar-refractivity contribution in [2.45, 2.75) is 96.9 Å². The zero-order valence-corrected chi connectivity index (χ0v) is 44.9. The third-order valence-corrected chi connectivity index (χ3v) is 12.9. The number of benzene rings is 6. The van der Waals surface area contributed by atoms with Crippen LogP contribution < -0.4 is 0 Å². The van der Waals surface area contributed by atoms with Gasteiger partial charge in [-0.05, 0) is 192 Å². The SMILES string of the molecule is Cc1cc2ccccc2cc1C.Cc1cc2ccccc2nc1C.Cc1ccc2ccccc2c1C.Cc1cccnc1C.Cc1cncnc1C.Cc1cncnc1C.Cc1ncc2ccccc2c1C. The zero-order valence-electron chi connectivity index (χ0n) is 44.9. The number of rotatable bonds is 0. The quantitative estimate of drug-likeness (QED) is 0.150. The molecule has 0 aliphatic heterocycles. The lowest BCUT2D eigenvalue weighted by Gasteiger charge is -2.04. The second-order valence-electron chi connectivity index (χ2n) is 18.1. The van der Waals surface area contributed by atoms with E-state index in [0.29, 0.717) is 0 Å². The van der Waals surface area contributed by atoms with Crippen LogP contribution in [0.25, 0.3) is 43.2 Å². The topological polar surface area (TPSA) is 90.2 Å². The predicted octanol–water partition coefficient (Wildman–Crippen LogP) is 16.5. The Hall–Kier alpha value is -8.03. The average molecular weight is 950 g/mol. The second-order valence-corrected chi connectivity index (χ2v) is 18.1. The lowest BCUT2D eigenvalue weighted by atomic mass is 10.0. The number of pyridine rings is 3. The molecule has 0 saturated heterocycles. The van der Waals surface area contributed by atoms with Crippen LogP contribution in [0, 0.1) is 96.9 Å². The van der Waals surface area contributed by atoms with Crippen molar-refractivity contribution >= 4 is 43.2 Å². The fourth-order valence-electron chi connectivity index (χ4n) is 7.22. The van der Waals surface area contributed by atoms with E-state index in [-0.39, 0.29) is 0 Å². The first-order chi connectivity index (χ1) is 34.5. The van der Waals surface area contributed by atoms with Gasteiger partial charge in [0.1, 0.15) is 12.7 Å². The number of nitrogens with zero attached hydrogens (tertiary/aromatic N) is 7. The van der Waals surface area contributed by atoms with Crippen LogP contribution in [0.5, 0.6) is 0 Å². The van der Waals surface area contributed by atoms with Crippen LogP contribution in [-0.4, -0.2) is 34.9 Å². The van der Waals surface area contributed by atoms with Crippen molar-refractivity contribution < 1.29 is 0 Å². The first kappa shape index (κ1) is 54.9. The van der Waals surface area contributed by atoms with Gasteiger partial charge in [0.2, 0.25) is 0 Å². The summed E-state index contributed by atoms with van der Waals surface area (Å²) in [5.41, 5.74) is 18.1. The van der Waals surface area contributed by atoms with Gasteiger partial charge in [0.05, 0.1) is 5.52 Å². The van der Waals surface area contributed by atoms with Gasteiger partial charge in [-0.25, -0.2) is 19.9 Å². The first-order valence-corrected chi connectivity index (χ1v) is 24.4. The van der Waals surface area contributed by atoms with Crippen molar-refractivity contribution in [2.24, 2.45) is 0 Å². The Morgan fingerprint density at radius 3 is 1.25 bits per heavy atom. The van der Waals surface area contributed by atoms with E-state index < -0.39 is 0 Å². The molecule has 5 heterocycles. The third kappa shape index (κ3) is 16.3. The van der Waals surface area contributed by atoms with Crippen LogP contribution in [-0.2, 0) is 0 Å². The molecule has 0 unspecified atom stereocenters. The molecule has 5 aromatic heterocycles. The zero-order chi connectivity index (χ0) is 52.2. The summed E-state index contributed by atoms with van der Waals surface area (Å²) in [6.07, 6.45) is 10.5. The Bertz CT molecular complexity index is 3060. The van der Waals surface area contributed by atoms with Gasteiger partial charge in [-0.2, -0.15) is 0 Å². The van der Waals surface area contributed by atoms with Crippen molar-refractivity contribution in [3.63, 3.8) is 0 Å². The molecule has 0 bridgehead atoms. The molecule has 6 aromatic carbocycles. The molecule has 7 heteroatoms. The molecule has 0 fully saturated rings. The van der Waals surface area contributed by atoms with Crippen molar-refractivity contribution in [3.05, 3.63) is 256 Å². The van der Waals surface area contributed by atoms with Crippen LogP contribution in [0.4, 0.5) is 0 Å². The van der Waals surface area contributed by atoms with Gasteiger partial charge < -0.3 is 0 Å². The molecule has 0 spiro atoms. The van der Waals surface area contributed by atoms with Gasteiger partial charge in [0, 0.05) is 64.0 Å². The van der Waals surface area contributed by atoms with Gasteiger partial charge in [0.25, 0.3) is 0 Å². The first-order valence-electron chi connectivity index (χ1n) is 24.4. The summed E-state index contributed by atoms with van der Waals surface area (Å²) in [6.45, 7) is 28.9. The summed E-state index contributed by atoms with van der Waals surface area (Å²) in [5, 5.41) is 9.13. The Kier molecular flexibility index (Phi) is 20.9. The molecule has 0 atom stereocenters. The standard InChI is InChI=1S/2C12H12.2C11H11N.C7H9N.2C6H8N2/c1-9-7-11-5-3-4-6-12(11)8-10(9)2;1-9-7-8-11-5-3-4-6-12(11)10(9)2;1-8-9(2)12-7-10-5-3-4-6-11(8)10;1-8-7-10-5-3-4-6-11(10)12-9(8)2;1-6-4-3-5-8-7(6)2;2*1-5-3-7-4-8-6(5)2/h2*3-8H,1-2H3;2*3-7H,1-2H3;3-5H,1-2H3;2*3-4H,1-2H3. The van der Waals surface area contributed by atoms with E-state index in [1.807, 2.05) is 104 Å². The van der Waals surface area contributed by atoms with Gasteiger partial charge in [-0.1, -0.05) is 121 Å². The summed E-state index contributed by atoms with van der Waals surface area (Å²) in [4.78, 5) is 28.5. The summed E-state index contributed by atoms with van der Waals surface area (Å²) in [7, 11) is 0. The van der Waals surface area contributed by atoms with E-state index in [1.54, 1.807) is 12.7 Å². The molecular formula is C65H71N7. The molecule has 72 heavy (non-hydrogen) atoms. The highest BCUT2D eigenvalue weighted by Crippen LogP contribution is 2.22. The highest BCUT2D eigenvalue weighted by atomic mass is 14.8. The molecule has 0 aliphatic rings. The maximum Gasteiger partial charge on any atom is 0.115 e. The molecular weight excluding hydrogens is 879 g/mol. The summed E-state index contributed by atoms with van der Waals surface area (Å²) in [5.74, 6) is 0. The number of aromatic nitrogens is 7. The number of hydrogen-bond donors (Lipinski definition) is 0. The largest absolute Gasteiger partial charge is 0.261 e. The summed E-state index contributed by atoms with van der Waals surface area (Å²) >= 11 is 0. The Morgan fingerprint density at radius 1 is 0.278 bits per heavy atom. The fraction of sp³-hybridized carbons (Fsp3) is 0.215. The van der Waals surface area contributed by atoms with Crippen molar-refractivity contribution in [1.82, 2.24) is 34.9 Å². The second kappa shape index (κ2) is 27.4. The molecule has 0 aliphatic carbocycles. The van der Waals surface area contributed by atoms with E-state index in [0.717, 1.165) is 45.1 Å². The number of aryl methyl sites for hydroxylation is 14. The minimum Gasteiger partial charge on any atom is -0.261 e. The molecule has 0 saturated carbocycles. The summed E-state index contributed by atoms with van der Waals surface area (Å²) in [6, 6.07) is 48.5. The van der Waals surface area contributed by atoms with E-state index >= 15 is 0 Å². The maximum absolute atomic E-state index is 4.48.